The summed E-state index contributed by atoms with van der Waals surface area (Å²) in [6.07, 6.45) is 4.96. The van der Waals surface area contributed by atoms with Crippen molar-refractivity contribution in [3.8, 4) is 0 Å². The van der Waals surface area contributed by atoms with Crippen LogP contribution in [-0.4, -0.2) is 7.11 Å². The Morgan fingerprint density at radius 2 is 1.70 bits per heavy atom. The molecule has 0 atom stereocenters. The van der Waals surface area contributed by atoms with Gasteiger partial charge in [-0.3, -0.25) is 0 Å². The summed E-state index contributed by atoms with van der Waals surface area (Å²) in [4.78, 5) is 1.26. The van der Waals surface area contributed by atoms with E-state index in [1.165, 1.54) is 36.2 Å². The smallest absolute Gasteiger partial charge is 0.156 e. The Hall–Kier alpha value is -0.890. The number of allylic oxidation sites excluding steroid dienone is 1. The minimum atomic E-state index is 0.436. The molecule has 0 saturated heterocycles. The molecule has 1 nitrogen and oxygen atoms in total. The monoisotopic (exact) mass is 290 g/mol. The zero-order chi connectivity index (χ0) is 14.6. The Bertz CT molecular complexity index is 446. The first-order chi connectivity index (χ1) is 9.50. The second-order valence-electron chi connectivity index (χ2n) is 6.65. The maximum Gasteiger partial charge on any atom is 0.156 e. The van der Waals surface area contributed by atoms with E-state index in [4.69, 9.17) is 4.74 Å². The maximum absolute atomic E-state index is 5.66. The molecular weight excluding hydrogens is 264 g/mol. The van der Waals surface area contributed by atoms with Gasteiger partial charge in [-0.2, -0.15) is 0 Å². The number of thioether (sulfide) groups is 1. The van der Waals surface area contributed by atoms with Crippen LogP contribution in [0.15, 0.2) is 45.9 Å². The van der Waals surface area contributed by atoms with Crippen molar-refractivity contribution in [1.82, 2.24) is 0 Å². The first-order valence-electron chi connectivity index (χ1n) is 7.49. The number of rotatable bonds is 3. The number of benzene rings is 1. The van der Waals surface area contributed by atoms with E-state index in [1.54, 1.807) is 18.9 Å². The molecule has 0 N–H and O–H groups in total. The van der Waals surface area contributed by atoms with Gasteiger partial charge in [0.2, 0.25) is 0 Å². The number of hydrogen-bond donors (Lipinski definition) is 0. The molecule has 2 heteroatoms. The lowest BCUT2D eigenvalue weighted by molar-refractivity contribution is 0.193. The van der Waals surface area contributed by atoms with Gasteiger partial charge in [-0.25, -0.2) is 0 Å². The van der Waals surface area contributed by atoms with E-state index < -0.39 is 0 Å². The van der Waals surface area contributed by atoms with Gasteiger partial charge in [0.1, 0.15) is 0 Å². The minimum absolute atomic E-state index is 0.436. The van der Waals surface area contributed by atoms with E-state index >= 15 is 0 Å². The Morgan fingerprint density at radius 3 is 2.20 bits per heavy atom. The van der Waals surface area contributed by atoms with E-state index in [9.17, 15) is 0 Å². The fourth-order valence-electron chi connectivity index (χ4n) is 2.89. The van der Waals surface area contributed by atoms with Crippen molar-refractivity contribution in [1.29, 1.82) is 0 Å². The van der Waals surface area contributed by atoms with Crippen molar-refractivity contribution < 1.29 is 4.74 Å². The summed E-state index contributed by atoms with van der Waals surface area (Å²) in [7, 11) is 1.80. The topological polar surface area (TPSA) is 9.23 Å². The molecule has 1 aromatic rings. The van der Waals surface area contributed by atoms with E-state index in [-0.39, 0.29) is 0 Å². The molecular formula is C18H26OS. The molecule has 0 bridgehead atoms. The summed E-state index contributed by atoms with van der Waals surface area (Å²) in [5, 5.41) is 1.11. The van der Waals surface area contributed by atoms with Gasteiger partial charge in [0.25, 0.3) is 0 Å². The van der Waals surface area contributed by atoms with Crippen LogP contribution in [0.1, 0.15) is 46.5 Å². The molecule has 1 aliphatic carbocycles. The van der Waals surface area contributed by atoms with Gasteiger partial charge in [-0.1, -0.05) is 50.7 Å². The van der Waals surface area contributed by atoms with Crippen LogP contribution in [-0.2, 0) is 4.74 Å². The van der Waals surface area contributed by atoms with E-state index in [0.717, 1.165) is 11.0 Å². The molecule has 1 fully saturated rings. The van der Waals surface area contributed by atoms with Crippen molar-refractivity contribution in [3.05, 3.63) is 41.0 Å². The van der Waals surface area contributed by atoms with Crippen LogP contribution in [0.5, 0.6) is 0 Å². The molecule has 0 radical (unpaired) electrons. The molecule has 110 valence electrons. The highest BCUT2D eigenvalue weighted by Gasteiger charge is 2.28. The third-order valence-corrected chi connectivity index (χ3v) is 5.39. The lowest BCUT2D eigenvalue weighted by atomic mass is 9.71. The fraction of sp³-hybridized carbons (Fsp3) is 0.556. The maximum atomic E-state index is 5.66. The molecule has 0 aliphatic heterocycles. The quantitative estimate of drug-likeness (QED) is 0.508. The van der Waals surface area contributed by atoms with Crippen molar-refractivity contribution in [2.45, 2.75) is 51.3 Å². The molecule has 20 heavy (non-hydrogen) atoms. The van der Waals surface area contributed by atoms with Crippen LogP contribution < -0.4 is 0 Å². The molecule has 0 heterocycles. The Labute approximate surface area is 127 Å². The standard InChI is InChI=1S/C18H26OS/c1-18(2,3)15-12-10-14(11-13-15)17(19-4)20-16-8-6-5-7-9-16/h5-9,15H,10-13H2,1-4H3. The first-order valence-corrected chi connectivity index (χ1v) is 8.31. The van der Waals surface area contributed by atoms with Crippen LogP contribution in [0.25, 0.3) is 0 Å². The number of methoxy groups -OCH3 is 1. The van der Waals surface area contributed by atoms with Crippen molar-refractivity contribution >= 4 is 11.8 Å². The summed E-state index contributed by atoms with van der Waals surface area (Å²) in [5.74, 6) is 0.839. The summed E-state index contributed by atoms with van der Waals surface area (Å²) < 4.78 is 5.66. The van der Waals surface area contributed by atoms with Gasteiger partial charge >= 0.3 is 0 Å². The molecule has 0 amide bonds. The molecule has 1 aromatic carbocycles. The zero-order valence-electron chi connectivity index (χ0n) is 13.1. The normalized spacial score (nSPS) is 19.8. The third-order valence-electron chi connectivity index (χ3n) is 4.24. The fourth-order valence-corrected chi connectivity index (χ4v) is 3.83. The van der Waals surface area contributed by atoms with Gasteiger partial charge in [-0.05, 0) is 54.7 Å². The molecule has 2 rings (SSSR count). The predicted molar refractivity (Wildman–Crippen MR) is 87.7 cm³/mol. The van der Waals surface area contributed by atoms with E-state index in [0.29, 0.717) is 5.41 Å². The van der Waals surface area contributed by atoms with Crippen LogP contribution in [0.4, 0.5) is 0 Å². The summed E-state index contributed by atoms with van der Waals surface area (Å²) in [6.45, 7) is 7.09. The minimum Gasteiger partial charge on any atom is -0.490 e. The average Bonchev–Trinajstić information content (AvgIpc) is 2.45. The van der Waals surface area contributed by atoms with Crippen molar-refractivity contribution in [3.63, 3.8) is 0 Å². The number of ether oxygens (including phenoxy) is 1. The van der Waals surface area contributed by atoms with Crippen molar-refractivity contribution in [2.75, 3.05) is 7.11 Å². The number of hydrogen-bond acceptors (Lipinski definition) is 2. The van der Waals surface area contributed by atoms with Gasteiger partial charge in [-0.15, -0.1) is 0 Å². The lowest BCUT2D eigenvalue weighted by Crippen LogP contribution is -2.23. The van der Waals surface area contributed by atoms with Gasteiger partial charge in [0.15, 0.2) is 5.09 Å². The molecule has 1 saturated carbocycles. The third kappa shape index (κ3) is 4.05. The van der Waals surface area contributed by atoms with E-state index in [1.807, 2.05) is 0 Å². The largest absolute Gasteiger partial charge is 0.490 e. The van der Waals surface area contributed by atoms with Gasteiger partial charge < -0.3 is 4.74 Å². The highest BCUT2D eigenvalue weighted by Crippen LogP contribution is 2.42. The SMILES string of the molecule is COC(Sc1ccccc1)=C1CCC(C(C)(C)C)CC1. The van der Waals surface area contributed by atoms with Gasteiger partial charge in [0, 0.05) is 4.90 Å². The molecule has 0 unspecified atom stereocenters. The lowest BCUT2D eigenvalue weighted by Gasteiger charge is -2.35. The zero-order valence-corrected chi connectivity index (χ0v) is 13.9. The Balaban J connectivity index is 2.04. The summed E-state index contributed by atoms with van der Waals surface area (Å²) in [6, 6.07) is 10.5. The predicted octanol–water partition coefficient (Wildman–Crippen LogP) is 5.87. The van der Waals surface area contributed by atoms with Crippen LogP contribution in [0.3, 0.4) is 0 Å². The van der Waals surface area contributed by atoms with Crippen LogP contribution in [0, 0.1) is 11.3 Å². The highest BCUT2D eigenvalue weighted by molar-refractivity contribution is 8.03. The molecule has 0 aromatic heterocycles. The average molecular weight is 290 g/mol. The van der Waals surface area contributed by atoms with Crippen LogP contribution >= 0.6 is 11.8 Å². The summed E-state index contributed by atoms with van der Waals surface area (Å²) in [5.41, 5.74) is 1.94. The first kappa shape index (κ1) is 15.5. The van der Waals surface area contributed by atoms with E-state index in [2.05, 4.69) is 51.1 Å². The highest BCUT2D eigenvalue weighted by atomic mass is 32.2. The Morgan fingerprint density at radius 1 is 1.10 bits per heavy atom. The second kappa shape index (κ2) is 6.71. The second-order valence-corrected chi connectivity index (χ2v) is 7.70. The summed E-state index contributed by atoms with van der Waals surface area (Å²) >= 11 is 1.76. The molecule has 0 spiro atoms. The van der Waals surface area contributed by atoms with Gasteiger partial charge in [0.05, 0.1) is 7.11 Å². The Kier molecular flexibility index (Phi) is 5.20. The van der Waals surface area contributed by atoms with Crippen LogP contribution in [0.2, 0.25) is 0 Å². The molecule has 1 aliphatic rings. The van der Waals surface area contributed by atoms with Crippen molar-refractivity contribution in [2.24, 2.45) is 11.3 Å².